The predicted octanol–water partition coefficient (Wildman–Crippen LogP) is 4.33. The fourth-order valence-corrected chi connectivity index (χ4v) is 5.83. The first-order valence-electron chi connectivity index (χ1n) is 9.57. The van der Waals surface area contributed by atoms with E-state index in [-0.39, 0.29) is 17.3 Å². The van der Waals surface area contributed by atoms with E-state index in [0.717, 1.165) is 21.8 Å². The molecule has 0 atom stereocenters. The molecule has 0 aliphatic rings. The average Bonchev–Trinajstić information content (AvgIpc) is 3.09. The fourth-order valence-electron chi connectivity index (χ4n) is 3.75. The Hall–Kier alpha value is -2.78. The van der Waals surface area contributed by atoms with E-state index in [4.69, 9.17) is 9.47 Å². The summed E-state index contributed by atoms with van der Waals surface area (Å²) in [6, 6.07) is 16.4. The molecular weight excluding hydrogens is 482 g/mol. The molecule has 0 aliphatic carbocycles. The molecule has 0 saturated carbocycles. The van der Waals surface area contributed by atoms with Crippen LogP contribution >= 0.6 is 15.9 Å². The van der Waals surface area contributed by atoms with Gasteiger partial charge in [0.25, 0.3) is 10.0 Å². The molecule has 0 unspecified atom stereocenters. The van der Waals surface area contributed by atoms with E-state index < -0.39 is 10.0 Å². The lowest BCUT2D eigenvalue weighted by Crippen LogP contribution is -2.33. The Kier molecular flexibility index (Phi) is 5.81. The van der Waals surface area contributed by atoms with Gasteiger partial charge in [0, 0.05) is 46.8 Å². The molecular formula is C22H22BrN3O4S. The van der Waals surface area contributed by atoms with Gasteiger partial charge in [-0.25, -0.2) is 8.42 Å². The number of para-hydroxylation sites is 1. The number of aryl methyl sites for hydroxylation is 1. The minimum atomic E-state index is -3.89. The SMILES string of the molecule is COc1ccc(N(CCBr)S(=O)(=O)c2ccc3c(c2)c2ccccc2n3C)c(OC)n1. The van der Waals surface area contributed by atoms with Crippen LogP contribution in [-0.4, -0.2) is 44.1 Å². The number of hydrogen-bond donors (Lipinski definition) is 0. The molecule has 0 amide bonds. The molecule has 0 aliphatic heterocycles. The van der Waals surface area contributed by atoms with E-state index in [1.807, 2.05) is 37.4 Å². The molecule has 2 aromatic carbocycles. The van der Waals surface area contributed by atoms with Gasteiger partial charge in [-0.1, -0.05) is 34.1 Å². The summed E-state index contributed by atoms with van der Waals surface area (Å²) < 4.78 is 41.3. The van der Waals surface area contributed by atoms with Crippen LogP contribution in [0, 0.1) is 0 Å². The summed E-state index contributed by atoms with van der Waals surface area (Å²) in [6.45, 7) is 0.209. The number of methoxy groups -OCH3 is 2. The first-order valence-corrected chi connectivity index (χ1v) is 12.1. The van der Waals surface area contributed by atoms with Crippen molar-refractivity contribution in [3.8, 4) is 11.8 Å². The van der Waals surface area contributed by atoms with Crippen molar-refractivity contribution in [1.82, 2.24) is 9.55 Å². The normalized spacial score (nSPS) is 11.7. The zero-order chi connectivity index (χ0) is 22.2. The molecule has 2 aromatic heterocycles. The number of fused-ring (bicyclic) bond motifs is 3. The third kappa shape index (κ3) is 3.61. The maximum atomic E-state index is 13.7. The second-order valence-electron chi connectivity index (χ2n) is 6.90. The van der Waals surface area contributed by atoms with Crippen molar-refractivity contribution in [2.24, 2.45) is 7.05 Å². The van der Waals surface area contributed by atoms with Crippen molar-refractivity contribution in [1.29, 1.82) is 0 Å². The number of rotatable bonds is 7. The minimum Gasteiger partial charge on any atom is -0.481 e. The quantitative estimate of drug-likeness (QED) is 0.351. The zero-order valence-electron chi connectivity index (χ0n) is 17.4. The summed E-state index contributed by atoms with van der Waals surface area (Å²) in [6.07, 6.45) is 0. The molecule has 4 aromatic rings. The molecule has 7 nitrogen and oxygen atoms in total. The van der Waals surface area contributed by atoms with Gasteiger partial charge in [-0.2, -0.15) is 4.98 Å². The van der Waals surface area contributed by atoms with Gasteiger partial charge < -0.3 is 14.0 Å². The lowest BCUT2D eigenvalue weighted by molar-refractivity contribution is 0.365. The van der Waals surface area contributed by atoms with E-state index in [9.17, 15) is 8.42 Å². The Labute approximate surface area is 189 Å². The number of aromatic nitrogens is 2. The first kappa shape index (κ1) is 21.5. The van der Waals surface area contributed by atoms with Crippen LogP contribution in [0.3, 0.4) is 0 Å². The standard InChI is InChI=1S/C22H22BrN3O4S/c1-25-18-7-5-4-6-16(18)17-14-15(8-9-19(17)25)31(27,28)26(13-12-23)20-10-11-21(29-2)24-22(20)30-3/h4-11,14H,12-13H2,1-3H3. The van der Waals surface area contributed by atoms with Crippen LogP contribution < -0.4 is 13.8 Å². The van der Waals surface area contributed by atoms with Crippen LogP contribution in [0.2, 0.25) is 0 Å². The van der Waals surface area contributed by atoms with Crippen molar-refractivity contribution < 1.29 is 17.9 Å². The average molecular weight is 504 g/mol. The summed E-state index contributed by atoms with van der Waals surface area (Å²) in [5.74, 6) is 0.518. The van der Waals surface area contributed by atoms with Gasteiger partial charge in [0.2, 0.25) is 11.8 Å². The van der Waals surface area contributed by atoms with Crippen molar-refractivity contribution in [2.45, 2.75) is 4.90 Å². The topological polar surface area (TPSA) is 73.7 Å². The van der Waals surface area contributed by atoms with Crippen molar-refractivity contribution in [3.63, 3.8) is 0 Å². The van der Waals surface area contributed by atoms with Crippen LogP contribution in [0.25, 0.3) is 21.8 Å². The van der Waals surface area contributed by atoms with E-state index in [0.29, 0.717) is 16.9 Å². The number of nitrogens with zero attached hydrogens (tertiary/aromatic N) is 3. The molecule has 0 saturated heterocycles. The Balaban J connectivity index is 1.89. The van der Waals surface area contributed by atoms with Crippen LogP contribution in [0.4, 0.5) is 5.69 Å². The van der Waals surface area contributed by atoms with Gasteiger partial charge in [-0.3, -0.25) is 4.31 Å². The number of pyridine rings is 1. The van der Waals surface area contributed by atoms with Gasteiger partial charge in [0.05, 0.1) is 19.1 Å². The Bertz CT molecular complexity index is 1370. The largest absolute Gasteiger partial charge is 0.481 e. The van der Waals surface area contributed by atoms with Crippen molar-refractivity contribution in [3.05, 3.63) is 54.6 Å². The minimum absolute atomic E-state index is 0.176. The molecule has 0 N–H and O–H groups in total. The van der Waals surface area contributed by atoms with Crippen LogP contribution in [0.5, 0.6) is 11.8 Å². The third-order valence-corrected chi connectivity index (χ3v) is 7.41. The molecule has 9 heteroatoms. The van der Waals surface area contributed by atoms with Gasteiger partial charge in [0.1, 0.15) is 5.69 Å². The van der Waals surface area contributed by atoms with E-state index in [1.54, 1.807) is 24.3 Å². The summed E-state index contributed by atoms with van der Waals surface area (Å²) in [4.78, 5) is 4.45. The zero-order valence-corrected chi connectivity index (χ0v) is 19.8. The number of halogens is 1. The van der Waals surface area contributed by atoms with Crippen molar-refractivity contribution in [2.75, 3.05) is 30.4 Å². The fraction of sp³-hybridized carbons (Fsp3) is 0.227. The number of hydrogen-bond acceptors (Lipinski definition) is 5. The van der Waals surface area contributed by atoms with Crippen LogP contribution in [0.15, 0.2) is 59.5 Å². The van der Waals surface area contributed by atoms with Gasteiger partial charge >= 0.3 is 0 Å². The van der Waals surface area contributed by atoms with Crippen LogP contribution in [-0.2, 0) is 17.1 Å². The highest BCUT2D eigenvalue weighted by Gasteiger charge is 2.28. The second kappa shape index (κ2) is 8.39. The Morgan fingerprint density at radius 2 is 1.74 bits per heavy atom. The summed E-state index contributed by atoms with van der Waals surface area (Å²) in [7, 11) is 1.03. The predicted molar refractivity (Wildman–Crippen MR) is 126 cm³/mol. The first-order chi connectivity index (χ1) is 14.9. The highest BCUT2D eigenvalue weighted by Crippen LogP contribution is 2.35. The molecule has 31 heavy (non-hydrogen) atoms. The second-order valence-corrected chi connectivity index (χ2v) is 9.56. The molecule has 0 bridgehead atoms. The third-order valence-electron chi connectivity index (χ3n) is 5.25. The lowest BCUT2D eigenvalue weighted by atomic mass is 10.1. The maximum Gasteiger partial charge on any atom is 0.264 e. The molecule has 0 radical (unpaired) electrons. The van der Waals surface area contributed by atoms with Crippen LogP contribution in [0.1, 0.15) is 0 Å². The molecule has 0 fully saturated rings. The molecule has 2 heterocycles. The van der Waals surface area contributed by atoms with Gasteiger partial charge in [0.15, 0.2) is 0 Å². The number of sulfonamides is 1. The Morgan fingerprint density at radius 3 is 2.45 bits per heavy atom. The number of ether oxygens (including phenoxy) is 2. The lowest BCUT2D eigenvalue weighted by Gasteiger charge is -2.25. The van der Waals surface area contributed by atoms with Gasteiger partial charge in [-0.05, 0) is 30.3 Å². The molecule has 4 rings (SSSR count). The summed E-state index contributed by atoms with van der Waals surface area (Å²) in [5, 5.41) is 2.34. The van der Waals surface area contributed by atoms with E-state index >= 15 is 0 Å². The molecule has 162 valence electrons. The Morgan fingerprint density at radius 1 is 1.00 bits per heavy atom. The smallest absolute Gasteiger partial charge is 0.264 e. The van der Waals surface area contributed by atoms with Gasteiger partial charge in [-0.15, -0.1) is 0 Å². The maximum absolute atomic E-state index is 13.7. The number of benzene rings is 2. The molecule has 0 spiro atoms. The van der Waals surface area contributed by atoms with Crippen molar-refractivity contribution >= 4 is 53.4 Å². The number of alkyl halides is 1. The highest BCUT2D eigenvalue weighted by atomic mass is 79.9. The highest BCUT2D eigenvalue weighted by molar-refractivity contribution is 9.09. The summed E-state index contributed by atoms with van der Waals surface area (Å²) >= 11 is 3.37. The van der Waals surface area contributed by atoms with E-state index in [1.165, 1.54) is 18.5 Å². The van der Waals surface area contributed by atoms with E-state index in [2.05, 4.69) is 25.5 Å². The summed E-state index contributed by atoms with van der Waals surface area (Å²) in [5.41, 5.74) is 2.36. The monoisotopic (exact) mass is 503 g/mol. The number of anilines is 1.